The topological polar surface area (TPSA) is 52.5 Å². The maximum Gasteiger partial charge on any atom is 0.123 e. The van der Waals surface area contributed by atoms with Crippen molar-refractivity contribution >= 4 is 0 Å². The van der Waals surface area contributed by atoms with Crippen molar-refractivity contribution in [1.29, 1.82) is 0 Å². The summed E-state index contributed by atoms with van der Waals surface area (Å²) < 4.78 is 0. The molecule has 0 aromatic heterocycles. The molecule has 84 valence electrons. The fourth-order valence-corrected chi connectivity index (χ4v) is 1.51. The van der Waals surface area contributed by atoms with E-state index >= 15 is 0 Å². The third-order valence-corrected chi connectivity index (χ3v) is 2.51. The normalized spacial score (nSPS) is 11.8. The molecule has 0 heterocycles. The summed E-state index contributed by atoms with van der Waals surface area (Å²) in [6, 6.07) is 3.90. The van der Waals surface area contributed by atoms with E-state index in [1.54, 1.807) is 0 Å². The van der Waals surface area contributed by atoms with Crippen LogP contribution in [0.3, 0.4) is 0 Å². The van der Waals surface area contributed by atoms with Gasteiger partial charge >= 0.3 is 0 Å². The summed E-state index contributed by atoms with van der Waals surface area (Å²) in [5.74, 6) is 0.254. The van der Waals surface area contributed by atoms with E-state index in [9.17, 15) is 5.11 Å². The fourth-order valence-electron chi connectivity index (χ4n) is 1.51. The van der Waals surface area contributed by atoms with E-state index in [1.807, 2.05) is 19.1 Å². The van der Waals surface area contributed by atoms with Crippen LogP contribution >= 0.6 is 0 Å². The zero-order valence-electron chi connectivity index (χ0n) is 9.76. The first-order chi connectivity index (χ1) is 6.86. The Labute approximate surface area is 90.7 Å². The molecule has 0 saturated heterocycles. The molecule has 3 heteroatoms. The van der Waals surface area contributed by atoms with Gasteiger partial charge in [0.2, 0.25) is 0 Å². The summed E-state index contributed by atoms with van der Waals surface area (Å²) in [5, 5.41) is 18.4. The lowest BCUT2D eigenvalue weighted by Gasteiger charge is -2.21. The van der Waals surface area contributed by atoms with Crippen LogP contribution in [0.4, 0.5) is 0 Å². The Kier molecular flexibility index (Phi) is 3.37. The quantitative estimate of drug-likeness (QED) is 0.656. The minimum atomic E-state index is 0.0443. The Hall–Kier alpha value is -1.06. The Balaban J connectivity index is 3.23. The monoisotopic (exact) mass is 209 g/mol. The lowest BCUT2D eigenvalue weighted by atomic mass is 9.85. The summed E-state index contributed by atoms with van der Waals surface area (Å²) in [6.07, 6.45) is 0. The highest BCUT2D eigenvalue weighted by atomic mass is 16.5. The SMILES string of the molecule is Cc1cc(C(C)(C)C)cc(CNO)c1O. The van der Waals surface area contributed by atoms with Crippen LogP contribution in [0, 0.1) is 6.92 Å². The molecule has 0 fully saturated rings. The molecular formula is C12H19NO2. The summed E-state index contributed by atoms with van der Waals surface area (Å²) in [6.45, 7) is 8.49. The van der Waals surface area contributed by atoms with Gasteiger partial charge in [0.15, 0.2) is 0 Å². The average Bonchev–Trinajstić information content (AvgIpc) is 2.11. The van der Waals surface area contributed by atoms with Crippen molar-refractivity contribution in [1.82, 2.24) is 5.48 Å². The number of aromatic hydroxyl groups is 1. The summed E-state index contributed by atoms with van der Waals surface area (Å²) >= 11 is 0. The first kappa shape index (κ1) is 12.0. The molecule has 0 spiro atoms. The number of hydrogen-bond donors (Lipinski definition) is 3. The molecule has 3 N–H and O–H groups in total. The van der Waals surface area contributed by atoms with E-state index in [0.717, 1.165) is 16.7 Å². The van der Waals surface area contributed by atoms with E-state index in [1.165, 1.54) is 0 Å². The van der Waals surface area contributed by atoms with Crippen molar-refractivity contribution in [2.75, 3.05) is 0 Å². The van der Waals surface area contributed by atoms with E-state index < -0.39 is 0 Å². The molecule has 15 heavy (non-hydrogen) atoms. The molecule has 1 rings (SSSR count). The molecule has 3 nitrogen and oxygen atoms in total. The number of phenolic OH excluding ortho intramolecular Hbond substituents is 1. The van der Waals surface area contributed by atoms with Crippen LogP contribution in [0.5, 0.6) is 5.75 Å². The lowest BCUT2D eigenvalue weighted by Crippen LogP contribution is -2.14. The van der Waals surface area contributed by atoms with Crippen molar-refractivity contribution in [3.05, 3.63) is 28.8 Å². The minimum absolute atomic E-state index is 0.0443. The number of phenols is 1. The molecular weight excluding hydrogens is 190 g/mol. The molecule has 0 aliphatic rings. The molecule has 1 aromatic carbocycles. The van der Waals surface area contributed by atoms with E-state index in [-0.39, 0.29) is 17.7 Å². The van der Waals surface area contributed by atoms with Gasteiger partial charge in [-0.2, -0.15) is 0 Å². The third-order valence-electron chi connectivity index (χ3n) is 2.51. The number of hydroxylamine groups is 1. The van der Waals surface area contributed by atoms with Crippen molar-refractivity contribution in [2.45, 2.75) is 39.7 Å². The van der Waals surface area contributed by atoms with Gasteiger partial charge in [-0.05, 0) is 23.5 Å². The Morgan fingerprint density at radius 3 is 2.33 bits per heavy atom. The Morgan fingerprint density at radius 2 is 1.87 bits per heavy atom. The first-order valence-corrected chi connectivity index (χ1v) is 5.06. The first-order valence-electron chi connectivity index (χ1n) is 5.06. The molecule has 0 bridgehead atoms. The molecule has 0 unspecified atom stereocenters. The van der Waals surface area contributed by atoms with Gasteiger partial charge in [-0.15, -0.1) is 0 Å². The number of benzene rings is 1. The predicted octanol–water partition coefficient (Wildman–Crippen LogP) is 2.48. The smallest absolute Gasteiger partial charge is 0.123 e. The summed E-state index contributed by atoms with van der Waals surface area (Å²) in [5.41, 5.74) is 4.84. The number of hydrogen-bond acceptors (Lipinski definition) is 3. The van der Waals surface area contributed by atoms with Crippen LogP contribution in [0.15, 0.2) is 12.1 Å². The van der Waals surface area contributed by atoms with Crippen molar-refractivity contribution < 1.29 is 10.3 Å². The van der Waals surface area contributed by atoms with Crippen LogP contribution in [0.2, 0.25) is 0 Å². The van der Waals surface area contributed by atoms with E-state index in [4.69, 9.17) is 5.21 Å². The van der Waals surface area contributed by atoms with Crippen molar-refractivity contribution in [2.24, 2.45) is 0 Å². The second-order valence-corrected chi connectivity index (χ2v) is 4.89. The predicted molar refractivity (Wildman–Crippen MR) is 60.2 cm³/mol. The standard InChI is InChI=1S/C12H19NO2/c1-8-5-10(12(2,3)4)6-9(7-13-15)11(8)14/h5-6,13-15H,7H2,1-4H3. The van der Waals surface area contributed by atoms with Crippen LogP contribution in [0.1, 0.15) is 37.5 Å². The summed E-state index contributed by atoms with van der Waals surface area (Å²) in [4.78, 5) is 0. The maximum absolute atomic E-state index is 9.77. The van der Waals surface area contributed by atoms with Crippen LogP contribution in [-0.2, 0) is 12.0 Å². The Bertz CT molecular complexity index is 353. The molecule has 0 aliphatic heterocycles. The second-order valence-electron chi connectivity index (χ2n) is 4.89. The minimum Gasteiger partial charge on any atom is -0.507 e. The largest absolute Gasteiger partial charge is 0.507 e. The number of nitrogens with one attached hydrogen (secondary N) is 1. The van der Waals surface area contributed by atoms with Gasteiger partial charge in [-0.25, -0.2) is 5.48 Å². The highest BCUT2D eigenvalue weighted by Gasteiger charge is 2.16. The zero-order chi connectivity index (χ0) is 11.6. The van der Waals surface area contributed by atoms with Gasteiger partial charge in [-0.1, -0.05) is 32.9 Å². The molecule has 0 atom stereocenters. The van der Waals surface area contributed by atoms with Gasteiger partial charge in [0, 0.05) is 12.1 Å². The van der Waals surface area contributed by atoms with Gasteiger partial charge in [-0.3, -0.25) is 0 Å². The molecule has 0 aliphatic carbocycles. The van der Waals surface area contributed by atoms with Crippen molar-refractivity contribution in [3.63, 3.8) is 0 Å². The van der Waals surface area contributed by atoms with Gasteiger partial charge < -0.3 is 10.3 Å². The van der Waals surface area contributed by atoms with E-state index in [0.29, 0.717) is 0 Å². The van der Waals surface area contributed by atoms with Gasteiger partial charge in [0.25, 0.3) is 0 Å². The number of rotatable bonds is 2. The highest BCUT2D eigenvalue weighted by Crippen LogP contribution is 2.30. The molecule has 0 radical (unpaired) electrons. The van der Waals surface area contributed by atoms with Gasteiger partial charge in [0.1, 0.15) is 5.75 Å². The second kappa shape index (κ2) is 4.21. The van der Waals surface area contributed by atoms with Crippen molar-refractivity contribution in [3.8, 4) is 5.75 Å². The van der Waals surface area contributed by atoms with Crippen LogP contribution in [0.25, 0.3) is 0 Å². The Morgan fingerprint density at radius 1 is 1.27 bits per heavy atom. The molecule has 1 aromatic rings. The highest BCUT2D eigenvalue weighted by molar-refractivity contribution is 5.44. The van der Waals surface area contributed by atoms with Crippen LogP contribution in [-0.4, -0.2) is 10.3 Å². The maximum atomic E-state index is 9.77. The van der Waals surface area contributed by atoms with Gasteiger partial charge in [0.05, 0.1) is 0 Å². The zero-order valence-corrected chi connectivity index (χ0v) is 9.76. The van der Waals surface area contributed by atoms with E-state index in [2.05, 4.69) is 26.3 Å². The average molecular weight is 209 g/mol. The molecule has 0 saturated carbocycles. The van der Waals surface area contributed by atoms with Crippen LogP contribution < -0.4 is 5.48 Å². The fraction of sp³-hybridized carbons (Fsp3) is 0.500. The summed E-state index contributed by atoms with van der Waals surface area (Å²) in [7, 11) is 0. The number of aryl methyl sites for hydroxylation is 1. The third kappa shape index (κ3) is 2.70. The molecule has 0 amide bonds. The lowest BCUT2D eigenvalue weighted by molar-refractivity contribution is 0.160.